The molecular formula is C8H8O3Se. The molecule has 4 heteroatoms. The second-order valence-electron chi connectivity index (χ2n) is 2.56. The number of aliphatic hydroxyl groups excluding tert-OH is 1. The standard InChI is InChI=1S/C8H8O3Se/c9-4-6-2-1-3-7-5-11-12(10)8(6)7/h1-3,9H,4-5H2. The molecule has 0 spiro atoms. The molecule has 1 heterocycles. The predicted octanol–water partition coefficient (Wildman–Crippen LogP) is -0.165. The first-order valence-electron chi connectivity index (χ1n) is 3.59. The van der Waals surface area contributed by atoms with Crippen LogP contribution in [-0.4, -0.2) is 19.3 Å². The Morgan fingerprint density at radius 1 is 1.58 bits per heavy atom. The van der Waals surface area contributed by atoms with Crippen LogP contribution in [-0.2, 0) is 20.9 Å². The molecule has 12 heavy (non-hydrogen) atoms. The molecule has 0 amide bonds. The molecule has 1 atom stereocenters. The summed E-state index contributed by atoms with van der Waals surface area (Å²) >= 11 is -2.28. The molecule has 64 valence electrons. The normalized spacial score (nSPS) is 20.9. The van der Waals surface area contributed by atoms with Crippen molar-refractivity contribution in [2.45, 2.75) is 13.2 Å². The zero-order valence-corrected chi connectivity index (χ0v) is 8.03. The fourth-order valence-electron chi connectivity index (χ4n) is 1.27. The van der Waals surface area contributed by atoms with Crippen molar-refractivity contribution in [3.05, 3.63) is 29.3 Å². The second kappa shape index (κ2) is 3.07. The molecule has 3 nitrogen and oxygen atoms in total. The Morgan fingerprint density at radius 3 is 3.17 bits per heavy atom. The van der Waals surface area contributed by atoms with Crippen molar-refractivity contribution >= 4 is 18.6 Å². The molecule has 0 aliphatic carbocycles. The van der Waals surface area contributed by atoms with Crippen LogP contribution in [0.3, 0.4) is 0 Å². The Hall–Kier alpha value is -0.541. The van der Waals surface area contributed by atoms with E-state index in [4.69, 9.17) is 8.93 Å². The quantitative estimate of drug-likeness (QED) is 0.683. The summed E-state index contributed by atoms with van der Waals surface area (Å²) in [5, 5.41) is 8.95. The molecule has 1 N–H and O–H groups in total. The number of aliphatic hydroxyl groups is 1. The summed E-state index contributed by atoms with van der Waals surface area (Å²) in [6, 6.07) is 5.51. The first kappa shape index (κ1) is 8.08. The van der Waals surface area contributed by atoms with Crippen molar-refractivity contribution in [2.24, 2.45) is 0 Å². The average Bonchev–Trinajstić information content (AvgIpc) is 2.48. The van der Waals surface area contributed by atoms with Gasteiger partial charge in [0.2, 0.25) is 0 Å². The third-order valence-electron chi connectivity index (χ3n) is 1.84. The first-order chi connectivity index (χ1) is 5.83. The van der Waals surface area contributed by atoms with E-state index in [0.717, 1.165) is 15.6 Å². The van der Waals surface area contributed by atoms with Crippen molar-refractivity contribution in [1.82, 2.24) is 0 Å². The summed E-state index contributed by atoms with van der Waals surface area (Å²) in [5.74, 6) is 0. The fourth-order valence-corrected chi connectivity index (χ4v) is 3.45. The molecule has 0 radical (unpaired) electrons. The summed E-state index contributed by atoms with van der Waals surface area (Å²) in [5.41, 5.74) is 1.70. The van der Waals surface area contributed by atoms with E-state index in [9.17, 15) is 3.83 Å². The van der Waals surface area contributed by atoms with Gasteiger partial charge in [-0.2, -0.15) is 0 Å². The van der Waals surface area contributed by atoms with E-state index in [1.807, 2.05) is 12.1 Å². The molecule has 1 unspecified atom stereocenters. The summed E-state index contributed by atoms with van der Waals surface area (Å²) in [7, 11) is 0. The number of fused-ring (bicyclic) bond motifs is 1. The van der Waals surface area contributed by atoms with Crippen LogP contribution in [0.15, 0.2) is 18.2 Å². The van der Waals surface area contributed by atoms with E-state index < -0.39 is 14.2 Å². The summed E-state index contributed by atoms with van der Waals surface area (Å²) in [4.78, 5) is 0. The SMILES string of the molecule is O=[Se]1OCc2cccc(CO)c21. The minimum atomic E-state index is -2.28. The third-order valence-corrected chi connectivity index (χ3v) is 4.33. The first-order valence-corrected chi connectivity index (χ1v) is 5.85. The molecule has 0 aromatic heterocycles. The molecule has 0 saturated carbocycles. The Bertz CT molecular complexity index is 335. The molecule has 1 aliphatic rings. The van der Waals surface area contributed by atoms with Gasteiger partial charge in [-0.15, -0.1) is 0 Å². The summed E-state index contributed by atoms with van der Waals surface area (Å²) < 4.78 is 17.1. The maximum absolute atomic E-state index is 11.3. The Balaban J connectivity index is 2.60. The maximum atomic E-state index is 11.3. The number of rotatable bonds is 1. The Morgan fingerprint density at radius 2 is 2.42 bits per heavy atom. The molecular weight excluding hydrogens is 223 g/mol. The van der Waals surface area contributed by atoms with Crippen LogP contribution in [0.4, 0.5) is 0 Å². The topological polar surface area (TPSA) is 46.5 Å². The van der Waals surface area contributed by atoms with Gasteiger partial charge < -0.3 is 0 Å². The molecule has 0 fully saturated rings. The Kier molecular flexibility index (Phi) is 2.07. The van der Waals surface area contributed by atoms with Gasteiger partial charge in [0, 0.05) is 0 Å². The van der Waals surface area contributed by atoms with Crippen molar-refractivity contribution in [2.75, 3.05) is 0 Å². The number of hydrogen-bond donors (Lipinski definition) is 1. The van der Waals surface area contributed by atoms with Gasteiger partial charge in [-0.25, -0.2) is 0 Å². The molecule has 0 bridgehead atoms. The van der Waals surface area contributed by atoms with Gasteiger partial charge in [-0.3, -0.25) is 0 Å². The van der Waals surface area contributed by atoms with Crippen LogP contribution < -0.4 is 4.46 Å². The van der Waals surface area contributed by atoms with Crippen molar-refractivity contribution in [3.8, 4) is 0 Å². The van der Waals surface area contributed by atoms with E-state index in [2.05, 4.69) is 0 Å². The second-order valence-corrected chi connectivity index (χ2v) is 4.90. The zero-order chi connectivity index (χ0) is 8.55. The van der Waals surface area contributed by atoms with E-state index in [1.165, 1.54) is 0 Å². The van der Waals surface area contributed by atoms with Crippen LogP contribution in [0.5, 0.6) is 0 Å². The third kappa shape index (κ3) is 1.13. The number of hydrogen-bond acceptors (Lipinski definition) is 3. The van der Waals surface area contributed by atoms with Gasteiger partial charge >= 0.3 is 73.9 Å². The molecule has 2 rings (SSSR count). The van der Waals surface area contributed by atoms with E-state index in [-0.39, 0.29) is 6.61 Å². The minimum absolute atomic E-state index is 0.0607. The van der Waals surface area contributed by atoms with Crippen molar-refractivity contribution in [1.29, 1.82) is 0 Å². The summed E-state index contributed by atoms with van der Waals surface area (Å²) in [6.07, 6.45) is 0. The molecule has 1 aromatic carbocycles. The Labute approximate surface area is 74.4 Å². The summed E-state index contributed by atoms with van der Waals surface area (Å²) in [6.45, 7) is 0.367. The van der Waals surface area contributed by atoms with Gasteiger partial charge in [0.05, 0.1) is 0 Å². The molecule has 1 aliphatic heterocycles. The van der Waals surface area contributed by atoms with E-state index in [0.29, 0.717) is 6.61 Å². The fraction of sp³-hybridized carbons (Fsp3) is 0.250. The molecule has 0 saturated heterocycles. The van der Waals surface area contributed by atoms with Gasteiger partial charge in [0.1, 0.15) is 0 Å². The van der Waals surface area contributed by atoms with Crippen LogP contribution >= 0.6 is 0 Å². The van der Waals surface area contributed by atoms with Crippen LogP contribution in [0.1, 0.15) is 11.1 Å². The number of benzene rings is 1. The van der Waals surface area contributed by atoms with Crippen LogP contribution in [0, 0.1) is 0 Å². The van der Waals surface area contributed by atoms with Gasteiger partial charge in [0.15, 0.2) is 0 Å². The predicted molar refractivity (Wildman–Crippen MR) is 43.2 cm³/mol. The zero-order valence-electron chi connectivity index (χ0n) is 6.32. The van der Waals surface area contributed by atoms with Crippen LogP contribution in [0.25, 0.3) is 0 Å². The van der Waals surface area contributed by atoms with Crippen molar-refractivity contribution in [3.63, 3.8) is 0 Å². The van der Waals surface area contributed by atoms with E-state index in [1.54, 1.807) is 6.07 Å². The average molecular weight is 231 g/mol. The van der Waals surface area contributed by atoms with Crippen molar-refractivity contribution < 1.29 is 12.8 Å². The monoisotopic (exact) mass is 232 g/mol. The van der Waals surface area contributed by atoms with Gasteiger partial charge in [-0.05, 0) is 0 Å². The van der Waals surface area contributed by atoms with E-state index >= 15 is 0 Å². The molecule has 1 aromatic rings. The van der Waals surface area contributed by atoms with Gasteiger partial charge in [0.25, 0.3) is 0 Å². The van der Waals surface area contributed by atoms with Crippen LogP contribution in [0.2, 0.25) is 0 Å². The van der Waals surface area contributed by atoms with Gasteiger partial charge in [-0.1, -0.05) is 0 Å².